The Morgan fingerprint density at radius 3 is 2.47 bits per heavy atom. The van der Waals surface area contributed by atoms with E-state index < -0.39 is 0 Å². The van der Waals surface area contributed by atoms with Gasteiger partial charge in [0.05, 0.1) is 0 Å². The molecule has 94 valence electrons. The molecule has 0 saturated heterocycles. The molecular formula is C14H21NO2. The number of ether oxygens (including phenoxy) is 1. The smallest absolute Gasteiger partial charge is 0.120 e. The first-order chi connectivity index (χ1) is 8.15. The molecule has 3 nitrogen and oxygen atoms in total. The largest absolute Gasteiger partial charge is 0.508 e. The predicted molar refractivity (Wildman–Crippen MR) is 68.4 cm³/mol. The number of phenolic OH excluding ortho intramolecular Hbond substituents is 1. The minimum absolute atomic E-state index is 0.286. The summed E-state index contributed by atoms with van der Waals surface area (Å²) in [7, 11) is 4.18. The number of hydrogen-bond acceptors (Lipinski definition) is 3. The standard InChI is InChI=1S/C14H21NO2/c1-15(2)10-9-14(11-3-4-11)17-13-7-5-12(16)6-8-13/h5-8,11,14,16H,3-4,9-10H2,1-2H3. The Hall–Kier alpha value is -1.22. The van der Waals surface area contributed by atoms with E-state index in [0.29, 0.717) is 6.10 Å². The molecule has 1 saturated carbocycles. The van der Waals surface area contributed by atoms with E-state index in [-0.39, 0.29) is 5.75 Å². The van der Waals surface area contributed by atoms with Gasteiger partial charge in [0.1, 0.15) is 17.6 Å². The van der Waals surface area contributed by atoms with Crippen molar-refractivity contribution < 1.29 is 9.84 Å². The van der Waals surface area contributed by atoms with Crippen LogP contribution in [0.4, 0.5) is 0 Å². The molecule has 0 spiro atoms. The van der Waals surface area contributed by atoms with Gasteiger partial charge in [0.15, 0.2) is 0 Å². The molecule has 0 aliphatic heterocycles. The van der Waals surface area contributed by atoms with Crippen LogP contribution >= 0.6 is 0 Å². The number of nitrogens with zero attached hydrogens (tertiary/aromatic N) is 1. The van der Waals surface area contributed by atoms with Crippen molar-refractivity contribution in [3.8, 4) is 11.5 Å². The second-order valence-corrected chi connectivity index (χ2v) is 5.08. The molecule has 0 heterocycles. The first-order valence-corrected chi connectivity index (χ1v) is 6.25. The summed E-state index contributed by atoms with van der Waals surface area (Å²) in [5.41, 5.74) is 0. The quantitative estimate of drug-likeness (QED) is 0.822. The lowest BCUT2D eigenvalue weighted by molar-refractivity contribution is 0.155. The minimum Gasteiger partial charge on any atom is -0.508 e. The first-order valence-electron chi connectivity index (χ1n) is 6.25. The van der Waals surface area contributed by atoms with Crippen LogP contribution in [0.5, 0.6) is 11.5 Å². The maximum atomic E-state index is 9.23. The van der Waals surface area contributed by atoms with E-state index in [2.05, 4.69) is 19.0 Å². The molecule has 17 heavy (non-hydrogen) atoms. The molecule has 3 heteroatoms. The van der Waals surface area contributed by atoms with Gasteiger partial charge in [0.2, 0.25) is 0 Å². The van der Waals surface area contributed by atoms with Gasteiger partial charge >= 0.3 is 0 Å². The van der Waals surface area contributed by atoms with E-state index in [1.165, 1.54) is 12.8 Å². The summed E-state index contributed by atoms with van der Waals surface area (Å²) in [5.74, 6) is 1.87. The van der Waals surface area contributed by atoms with E-state index in [1.807, 2.05) is 12.1 Å². The minimum atomic E-state index is 0.286. The summed E-state index contributed by atoms with van der Waals surface area (Å²) in [6, 6.07) is 7.01. The van der Waals surface area contributed by atoms with Crippen LogP contribution in [-0.4, -0.2) is 36.8 Å². The van der Waals surface area contributed by atoms with Gasteiger partial charge in [-0.25, -0.2) is 0 Å². The fourth-order valence-corrected chi connectivity index (χ4v) is 1.94. The lowest BCUT2D eigenvalue weighted by Gasteiger charge is -2.20. The van der Waals surface area contributed by atoms with Gasteiger partial charge in [-0.2, -0.15) is 0 Å². The van der Waals surface area contributed by atoms with E-state index in [9.17, 15) is 5.11 Å². The summed E-state index contributed by atoms with van der Waals surface area (Å²) < 4.78 is 6.01. The van der Waals surface area contributed by atoms with Crippen molar-refractivity contribution in [2.24, 2.45) is 5.92 Å². The zero-order valence-corrected chi connectivity index (χ0v) is 10.6. The molecule has 0 bridgehead atoms. The van der Waals surface area contributed by atoms with Gasteiger partial charge in [-0.1, -0.05) is 0 Å². The molecule has 1 aliphatic rings. The Bertz CT molecular complexity index is 344. The van der Waals surface area contributed by atoms with Gasteiger partial charge < -0.3 is 14.7 Å². The molecule has 1 aromatic rings. The Labute approximate surface area is 103 Å². The van der Waals surface area contributed by atoms with E-state index in [0.717, 1.165) is 24.6 Å². The number of aromatic hydroxyl groups is 1. The fraction of sp³-hybridized carbons (Fsp3) is 0.571. The Morgan fingerprint density at radius 1 is 1.29 bits per heavy atom. The topological polar surface area (TPSA) is 32.7 Å². The summed E-state index contributed by atoms with van der Waals surface area (Å²) in [6.07, 6.45) is 3.96. The van der Waals surface area contributed by atoms with Crippen molar-refractivity contribution in [3.05, 3.63) is 24.3 Å². The van der Waals surface area contributed by atoms with Crippen molar-refractivity contribution in [1.29, 1.82) is 0 Å². The van der Waals surface area contributed by atoms with Gasteiger partial charge in [-0.05, 0) is 63.5 Å². The molecule has 1 aromatic carbocycles. The van der Waals surface area contributed by atoms with E-state index >= 15 is 0 Å². The molecular weight excluding hydrogens is 214 g/mol. The summed E-state index contributed by atoms with van der Waals surface area (Å²) in [6.45, 7) is 1.05. The average molecular weight is 235 g/mol. The highest BCUT2D eigenvalue weighted by molar-refractivity contribution is 5.30. The monoisotopic (exact) mass is 235 g/mol. The second kappa shape index (κ2) is 5.41. The summed E-state index contributed by atoms with van der Waals surface area (Å²) >= 11 is 0. The zero-order valence-electron chi connectivity index (χ0n) is 10.6. The number of hydrogen-bond donors (Lipinski definition) is 1. The van der Waals surface area contributed by atoms with Gasteiger partial charge in [0, 0.05) is 6.54 Å². The van der Waals surface area contributed by atoms with Gasteiger partial charge in [-0.3, -0.25) is 0 Å². The van der Waals surface area contributed by atoms with Crippen LogP contribution in [0.2, 0.25) is 0 Å². The van der Waals surface area contributed by atoms with Crippen molar-refractivity contribution in [3.63, 3.8) is 0 Å². The van der Waals surface area contributed by atoms with Crippen LogP contribution in [0.15, 0.2) is 24.3 Å². The molecule has 1 N–H and O–H groups in total. The van der Waals surface area contributed by atoms with Crippen LogP contribution in [0.1, 0.15) is 19.3 Å². The fourth-order valence-electron chi connectivity index (χ4n) is 1.94. The highest BCUT2D eigenvalue weighted by Crippen LogP contribution is 2.36. The molecule has 1 aliphatic carbocycles. The van der Waals surface area contributed by atoms with Crippen molar-refractivity contribution >= 4 is 0 Å². The zero-order chi connectivity index (χ0) is 12.3. The van der Waals surface area contributed by atoms with Crippen molar-refractivity contribution in [1.82, 2.24) is 4.90 Å². The average Bonchev–Trinajstić information content (AvgIpc) is 3.10. The highest BCUT2D eigenvalue weighted by atomic mass is 16.5. The second-order valence-electron chi connectivity index (χ2n) is 5.08. The Balaban J connectivity index is 1.90. The van der Waals surface area contributed by atoms with E-state index in [4.69, 9.17) is 4.74 Å². The maximum Gasteiger partial charge on any atom is 0.120 e. The molecule has 1 unspecified atom stereocenters. The summed E-state index contributed by atoms with van der Waals surface area (Å²) in [4.78, 5) is 2.19. The number of phenols is 1. The van der Waals surface area contributed by atoms with Crippen LogP contribution in [0.25, 0.3) is 0 Å². The van der Waals surface area contributed by atoms with Crippen LogP contribution in [0, 0.1) is 5.92 Å². The Morgan fingerprint density at radius 2 is 1.94 bits per heavy atom. The van der Waals surface area contributed by atoms with Gasteiger partial charge in [0.25, 0.3) is 0 Å². The molecule has 1 fully saturated rings. The van der Waals surface area contributed by atoms with Gasteiger partial charge in [-0.15, -0.1) is 0 Å². The predicted octanol–water partition coefficient (Wildman–Crippen LogP) is 2.50. The molecule has 0 radical (unpaired) electrons. The lowest BCUT2D eigenvalue weighted by atomic mass is 10.1. The van der Waals surface area contributed by atoms with Crippen LogP contribution < -0.4 is 4.74 Å². The van der Waals surface area contributed by atoms with E-state index in [1.54, 1.807) is 12.1 Å². The number of rotatable bonds is 6. The van der Waals surface area contributed by atoms with Crippen molar-refractivity contribution in [2.45, 2.75) is 25.4 Å². The highest BCUT2D eigenvalue weighted by Gasteiger charge is 2.32. The van der Waals surface area contributed by atoms with Crippen LogP contribution in [-0.2, 0) is 0 Å². The first kappa shape index (κ1) is 12.2. The molecule has 2 rings (SSSR count). The third-order valence-electron chi connectivity index (χ3n) is 3.13. The molecule has 0 amide bonds. The third kappa shape index (κ3) is 3.93. The van der Waals surface area contributed by atoms with Crippen molar-refractivity contribution in [2.75, 3.05) is 20.6 Å². The SMILES string of the molecule is CN(C)CCC(Oc1ccc(O)cc1)C1CC1. The normalized spacial score (nSPS) is 17.1. The lowest BCUT2D eigenvalue weighted by Crippen LogP contribution is -2.25. The molecule has 0 aromatic heterocycles. The van der Waals surface area contributed by atoms with Crippen LogP contribution in [0.3, 0.4) is 0 Å². The maximum absolute atomic E-state index is 9.23. The Kier molecular flexibility index (Phi) is 3.89. The molecule has 1 atom stereocenters. The third-order valence-corrected chi connectivity index (χ3v) is 3.13. The summed E-state index contributed by atoms with van der Waals surface area (Å²) in [5, 5.41) is 9.23. The number of benzene rings is 1.